The van der Waals surface area contributed by atoms with Crippen molar-refractivity contribution in [1.29, 1.82) is 0 Å². The maximum Gasteiger partial charge on any atom is 0.376 e. The van der Waals surface area contributed by atoms with Gasteiger partial charge in [0.05, 0.1) is 12.6 Å². The number of hydrogen-bond donors (Lipinski definition) is 1. The highest BCUT2D eigenvalue weighted by molar-refractivity contribution is 7.07. The molecule has 2 heterocycles. The van der Waals surface area contributed by atoms with E-state index in [1.807, 2.05) is 6.92 Å². The number of aryl methyl sites for hydroxylation is 1. The van der Waals surface area contributed by atoms with Gasteiger partial charge in [0.1, 0.15) is 5.69 Å². The first-order valence-corrected chi connectivity index (χ1v) is 8.14. The molecule has 0 saturated heterocycles. The summed E-state index contributed by atoms with van der Waals surface area (Å²) >= 11 is 1.11. The van der Waals surface area contributed by atoms with Crippen molar-refractivity contribution >= 4 is 23.2 Å². The summed E-state index contributed by atoms with van der Waals surface area (Å²) in [5.41, 5.74) is 0.401. The van der Waals surface area contributed by atoms with Gasteiger partial charge in [-0.25, -0.2) is 4.79 Å². The zero-order chi connectivity index (χ0) is 17.9. The van der Waals surface area contributed by atoms with Crippen molar-refractivity contribution in [2.75, 3.05) is 7.11 Å². The highest BCUT2D eigenvalue weighted by Gasteiger charge is 2.28. The number of nitrogens with one attached hydrogen (secondary N) is 1. The topological polar surface area (TPSA) is 103 Å². The maximum atomic E-state index is 12.2. The van der Waals surface area contributed by atoms with Crippen LogP contribution in [0.2, 0.25) is 0 Å². The highest BCUT2D eigenvalue weighted by atomic mass is 32.1. The fourth-order valence-electron chi connectivity index (χ4n) is 2.13. The normalized spacial score (nSPS) is 11.3. The predicted molar refractivity (Wildman–Crippen MR) is 86.9 cm³/mol. The van der Waals surface area contributed by atoms with Crippen molar-refractivity contribution in [3.63, 3.8) is 0 Å². The van der Waals surface area contributed by atoms with Crippen molar-refractivity contribution in [3.8, 4) is 0 Å². The van der Waals surface area contributed by atoms with Crippen molar-refractivity contribution < 1.29 is 18.8 Å². The third-order valence-corrected chi connectivity index (χ3v) is 4.41. The summed E-state index contributed by atoms with van der Waals surface area (Å²) in [5.74, 6) is -0.904. The van der Waals surface area contributed by atoms with E-state index in [-0.39, 0.29) is 23.0 Å². The molecule has 0 radical (unpaired) electrons. The molecule has 0 saturated carbocycles. The van der Waals surface area contributed by atoms with Crippen LogP contribution in [-0.2, 0) is 21.6 Å². The lowest BCUT2D eigenvalue weighted by Crippen LogP contribution is -2.41. The van der Waals surface area contributed by atoms with Crippen LogP contribution in [0.25, 0.3) is 0 Å². The van der Waals surface area contributed by atoms with E-state index in [9.17, 15) is 14.4 Å². The summed E-state index contributed by atoms with van der Waals surface area (Å²) in [5, 5.41) is 8.38. The monoisotopic (exact) mass is 353 g/mol. The van der Waals surface area contributed by atoms with Crippen LogP contribution in [-0.4, -0.2) is 28.7 Å². The van der Waals surface area contributed by atoms with E-state index >= 15 is 0 Å². The van der Waals surface area contributed by atoms with Gasteiger partial charge in [0.2, 0.25) is 11.7 Å². The second kappa shape index (κ2) is 7.00. The molecule has 0 aromatic carbocycles. The Morgan fingerprint density at radius 1 is 1.46 bits per heavy atom. The lowest BCUT2D eigenvalue weighted by molar-refractivity contribution is -0.123. The van der Waals surface area contributed by atoms with E-state index in [1.165, 1.54) is 13.2 Å². The molecule has 0 aliphatic carbocycles. The van der Waals surface area contributed by atoms with Gasteiger partial charge < -0.3 is 19.1 Å². The third kappa shape index (κ3) is 3.91. The molecule has 1 amide bonds. The van der Waals surface area contributed by atoms with Gasteiger partial charge in [-0.1, -0.05) is 16.5 Å². The van der Waals surface area contributed by atoms with E-state index in [4.69, 9.17) is 4.52 Å². The van der Waals surface area contributed by atoms with Crippen LogP contribution in [0.5, 0.6) is 0 Å². The Kier molecular flexibility index (Phi) is 5.23. The Morgan fingerprint density at radius 3 is 2.75 bits per heavy atom. The van der Waals surface area contributed by atoms with Crippen LogP contribution >= 0.6 is 11.3 Å². The standard InChI is InChI=1S/C15H19N3O5S/c1-9-8-24-14(21)18(9)6-5-12(19)16-15(2,3)11-7-10(23-17-11)13(20)22-4/h7-8H,5-6H2,1-4H3,(H,16,19). The van der Waals surface area contributed by atoms with Crippen LogP contribution in [0.3, 0.4) is 0 Å². The van der Waals surface area contributed by atoms with Crippen molar-refractivity contribution in [3.05, 3.63) is 38.3 Å². The summed E-state index contributed by atoms with van der Waals surface area (Å²) in [7, 11) is 1.24. The average molecular weight is 353 g/mol. The molecule has 0 bridgehead atoms. The number of amides is 1. The SMILES string of the molecule is COC(=O)c1cc(C(C)(C)NC(=O)CCn2c(C)csc2=O)no1. The number of aromatic nitrogens is 2. The number of thiazole rings is 1. The van der Waals surface area contributed by atoms with E-state index in [0.717, 1.165) is 17.0 Å². The Morgan fingerprint density at radius 2 is 2.17 bits per heavy atom. The van der Waals surface area contributed by atoms with E-state index in [0.29, 0.717) is 12.2 Å². The van der Waals surface area contributed by atoms with Crippen LogP contribution < -0.4 is 10.2 Å². The highest BCUT2D eigenvalue weighted by Crippen LogP contribution is 2.20. The third-order valence-electron chi connectivity index (χ3n) is 3.53. The lowest BCUT2D eigenvalue weighted by atomic mass is 10.00. The maximum absolute atomic E-state index is 12.2. The first kappa shape index (κ1) is 17.9. The molecule has 0 unspecified atom stereocenters. The second-order valence-corrected chi connectivity index (χ2v) is 6.61. The number of rotatable bonds is 6. The molecule has 9 heteroatoms. The fraction of sp³-hybridized carbons (Fsp3) is 0.467. The Labute approximate surface area is 142 Å². The summed E-state index contributed by atoms with van der Waals surface area (Å²) < 4.78 is 11.0. The van der Waals surface area contributed by atoms with Gasteiger partial charge in [-0.15, -0.1) is 0 Å². The summed E-state index contributed by atoms with van der Waals surface area (Å²) in [6.45, 7) is 5.61. The zero-order valence-electron chi connectivity index (χ0n) is 13.9. The van der Waals surface area contributed by atoms with Gasteiger partial charge in [-0.2, -0.15) is 0 Å². The molecule has 0 aliphatic heterocycles. The van der Waals surface area contributed by atoms with Crippen LogP contribution in [0.1, 0.15) is 42.2 Å². The largest absolute Gasteiger partial charge is 0.463 e. The van der Waals surface area contributed by atoms with E-state index in [2.05, 4.69) is 15.2 Å². The Balaban J connectivity index is 2.00. The molecule has 0 atom stereocenters. The molecule has 2 aromatic rings. The van der Waals surface area contributed by atoms with Crippen LogP contribution in [0.4, 0.5) is 0 Å². The summed E-state index contributed by atoms with van der Waals surface area (Å²) in [6, 6.07) is 1.43. The first-order chi connectivity index (χ1) is 11.2. The molecule has 24 heavy (non-hydrogen) atoms. The zero-order valence-corrected chi connectivity index (χ0v) is 14.7. The molecule has 8 nitrogen and oxygen atoms in total. The van der Waals surface area contributed by atoms with E-state index < -0.39 is 11.5 Å². The van der Waals surface area contributed by atoms with E-state index in [1.54, 1.807) is 23.8 Å². The number of methoxy groups -OCH3 is 1. The van der Waals surface area contributed by atoms with Crippen LogP contribution in [0, 0.1) is 6.92 Å². The smallest absolute Gasteiger partial charge is 0.376 e. The molecular formula is C15H19N3O5S. The minimum absolute atomic E-state index is 0.0322. The molecule has 0 spiro atoms. The Bertz CT molecular complexity index is 802. The first-order valence-electron chi connectivity index (χ1n) is 7.26. The summed E-state index contributed by atoms with van der Waals surface area (Å²) in [4.78, 5) is 35.1. The van der Waals surface area contributed by atoms with Gasteiger partial charge in [0, 0.05) is 30.1 Å². The van der Waals surface area contributed by atoms with Crippen molar-refractivity contribution in [2.24, 2.45) is 0 Å². The summed E-state index contributed by atoms with van der Waals surface area (Å²) in [6.07, 6.45) is 0.155. The Hall–Kier alpha value is -2.42. The molecular weight excluding hydrogens is 334 g/mol. The van der Waals surface area contributed by atoms with Gasteiger partial charge in [-0.3, -0.25) is 9.59 Å². The number of esters is 1. The molecule has 1 N–H and O–H groups in total. The number of ether oxygens (including phenoxy) is 1. The quantitative estimate of drug-likeness (QED) is 0.788. The van der Waals surface area contributed by atoms with Gasteiger partial charge in [-0.05, 0) is 20.8 Å². The molecule has 0 fully saturated rings. The molecule has 0 aliphatic rings. The lowest BCUT2D eigenvalue weighted by Gasteiger charge is -2.23. The number of nitrogens with zero attached hydrogens (tertiary/aromatic N) is 2. The number of hydrogen-bond acceptors (Lipinski definition) is 7. The van der Waals surface area contributed by atoms with Crippen molar-refractivity contribution in [2.45, 2.75) is 39.3 Å². The average Bonchev–Trinajstić information content (AvgIpc) is 3.13. The number of carbonyl (C=O) groups is 2. The fourth-order valence-corrected chi connectivity index (χ4v) is 2.89. The minimum atomic E-state index is -0.832. The molecule has 130 valence electrons. The minimum Gasteiger partial charge on any atom is -0.463 e. The van der Waals surface area contributed by atoms with Crippen molar-refractivity contribution in [1.82, 2.24) is 15.0 Å². The van der Waals surface area contributed by atoms with Gasteiger partial charge in [0.25, 0.3) is 0 Å². The molecule has 2 rings (SSSR count). The second-order valence-electron chi connectivity index (χ2n) is 5.79. The van der Waals surface area contributed by atoms with Gasteiger partial charge >= 0.3 is 10.8 Å². The van der Waals surface area contributed by atoms with Gasteiger partial charge in [0.15, 0.2) is 0 Å². The van der Waals surface area contributed by atoms with Crippen LogP contribution in [0.15, 0.2) is 20.8 Å². The predicted octanol–water partition coefficient (Wildman–Crippen LogP) is 1.43. The number of carbonyl (C=O) groups excluding carboxylic acids is 2. The molecule has 2 aromatic heterocycles.